The molecule has 0 aromatic rings. The molecule has 2 unspecified atom stereocenters. The molecule has 1 rings (SSSR count). The van der Waals surface area contributed by atoms with Gasteiger partial charge in [0.15, 0.2) is 0 Å². The number of methoxy groups -OCH3 is 1. The predicted molar refractivity (Wildman–Crippen MR) is 55.0 cm³/mol. The largest absolute Gasteiger partial charge is 0.383 e. The van der Waals surface area contributed by atoms with Gasteiger partial charge < -0.3 is 10.1 Å². The summed E-state index contributed by atoms with van der Waals surface area (Å²) < 4.78 is 5.11. The van der Waals surface area contributed by atoms with Crippen LogP contribution in [0.5, 0.6) is 0 Å². The average molecular weight is 186 g/mol. The SMILES string of the molecule is COCCN1CC(C)NCCC1C. The van der Waals surface area contributed by atoms with Crippen LogP contribution in [-0.4, -0.2) is 50.3 Å². The van der Waals surface area contributed by atoms with Crippen molar-refractivity contribution in [3.8, 4) is 0 Å². The van der Waals surface area contributed by atoms with Crippen molar-refractivity contribution in [1.29, 1.82) is 0 Å². The van der Waals surface area contributed by atoms with Crippen molar-refractivity contribution < 1.29 is 4.74 Å². The lowest BCUT2D eigenvalue weighted by atomic mass is 10.2. The summed E-state index contributed by atoms with van der Waals surface area (Å²) in [5, 5.41) is 3.50. The quantitative estimate of drug-likeness (QED) is 0.702. The molecule has 1 heterocycles. The van der Waals surface area contributed by atoms with Crippen LogP contribution in [0.25, 0.3) is 0 Å². The van der Waals surface area contributed by atoms with E-state index in [9.17, 15) is 0 Å². The molecule has 1 aliphatic heterocycles. The van der Waals surface area contributed by atoms with Crippen LogP contribution in [0.15, 0.2) is 0 Å². The third-order valence-corrected chi connectivity index (χ3v) is 2.77. The Labute approximate surface area is 81.4 Å². The minimum Gasteiger partial charge on any atom is -0.383 e. The molecule has 0 aromatic carbocycles. The minimum absolute atomic E-state index is 0.613. The first-order valence-corrected chi connectivity index (χ1v) is 5.20. The zero-order valence-electron chi connectivity index (χ0n) is 9.05. The van der Waals surface area contributed by atoms with Crippen molar-refractivity contribution in [2.75, 3.05) is 33.4 Å². The molecular weight excluding hydrogens is 164 g/mol. The van der Waals surface area contributed by atoms with E-state index in [2.05, 4.69) is 24.1 Å². The van der Waals surface area contributed by atoms with Crippen LogP contribution < -0.4 is 5.32 Å². The summed E-state index contributed by atoms with van der Waals surface area (Å²) in [6, 6.07) is 1.30. The molecule has 1 aliphatic rings. The summed E-state index contributed by atoms with van der Waals surface area (Å²) in [5.74, 6) is 0. The van der Waals surface area contributed by atoms with E-state index in [1.165, 1.54) is 6.42 Å². The fraction of sp³-hybridized carbons (Fsp3) is 1.00. The number of hydrogen-bond acceptors (Lipinski definition) is 3. The van der Waals surface area contributed by atoms with Crippen molar-refractivity contribution in [1.82, 2.24) is 10.2 Å². The summed E-state index contributed by atoms with van der Waals surface area (Å²) in [6.07, 6.45) is 1.24. The molecule has 1 N–H and O–H groups in total. The van der Waals surface area contributed by atoms with Crippen LogP contribution in [0.4, 0.5) is 0 Å². The summed E-state index contributed by atoms with van der Waals surface area (Å²) >= 11 is 0. The van der Waals surface area contributed by atoms with E-state index in [0.717, 1.165) is 26.2 Å². The van der Waals surface area contributed by atoms with Gasteiger partial charge in [0.1, 0.15) is 0 Å². The Kier molecular flexibility index (Phi) is 4.70. The maximum atomic E-state index is 5.11. The molecule has 0 aromatic heterocycles. The predicted octanol–water partition coefficient (Wildman–Crippen LogP) is 0.705. The molecule has 1 fully saturated rings. The molecule has 2 atom stereocenters. The Morgan fingerprint density at radius 2 is 2.23 bits per heavy atom. The van der Waals surface area contributed by atoms with E-state index in [1.54, 1.807) is 7.11 Å². The normalized spacial score (nSPS) is 31.6. The zero-order valence-corrected chi connectivity index (χ0v) is 9.05. The van der Waals surface area contributed by atoms with E-state index in [0.29, 0.717) is 12.1 Å². The van der Waals surface area contributed by atoms with Crippen LogP contribution in [0.2, 0.25) is 0 Å². The monoisotopic (exact) mass is 186 g/mol. The van der Waals surface area contributed by atoms with Gasteiger partial charge in [-0.3, -0.25) is 4.90 Å². The lowest BCUT2D eigenvalue weighted by molar-refractivity contribution is 0.124. The highest BCUT2D eigenvalue weighted by Gasteiger charge is 2.19. The lowest BCUT2D eigenvalue weighted by Crippen LogP contribution is -2.40. The molecule has 78 valence electrons. The number of rotatable bonds is 3. The third-order valence-electron chi connectivity index (χ3n) is 2.77. The van der Waals surface area contributed by atoms with Gasteiger partial charge in [0.2, 0.25) is 0 Å². The van der Waals surface area contributed by atoms with Crippen LogP contribution in [-0.2, 0) is 4.74 Å². The van der Waals surface area contributed by atoms with E-state index in [1.807, 2.05) is 0 Å². The van der Waals surface area contributed by atoms with Gasteiger partial charge >= 0.3 is 0 Å². The highest BCUT2D eigenvalue weighted by atomic mass is 16.5. The van der Waals surface area contributed by atoms with Crippen molar-refractivity contribution >= 4 is 0 Å². The van der Waals surface area contributed by atoms with Gasteiger partial charge in [-0.2, -0.15) is 0 Å². The number of hydrogen-bond donors (Lipinski definition) is 1. The van der Waals surface area contributed by atoms with E-state index in [-0.39, 0.29) is 0 Å². The van der Waals surface area contributed by atoms with Gasteiger partial charge in [-0.1, -0.05) is 0 Å². The smallest absolute Gasteiger partial charge is 0.0589 e. The molecule has 1 saturated heterocycles. The summed E-state index contributed by atoms with van der Waals surface area (Å²) in [4.78, 5) is 2.51. The molecular formula is C10H22N2O. The van der Waals surface area contributed by atoms with E-state index >= 15 is 0 Å². The van der Waals surface area contributed by atoms with Crippen molar-refractivity contribution in [2.45, 2.75) is 32.4 Å². The molecule has 0 aliphatic carbocycles. The molecule has 13 heavy (non-hydrogen) atoms. The Bertz CT molecular complexity index is 141. The first-order valence-electron chi connectivity index (χ1n) is 5.20. The second-order valence-corrected chi connectivity index (χ2v) is 3.98. The number of nitrogens with one attached hydrogen (secondary N) is 1. The highest BCUT2D eigenvalue weighted by Crippen LogP contribution is 2.07. The highest BCUT2D eigenvalue weighted by molar-refractivity contribution is 4.78. The fourth-order valence-electron chi connectivity index (χ4n) is 1.84. The minimum atomic E-state index is 0.613. The molecule has 0 amide bonds. The van der Waals surface area contributed by atoms with Gasteiger partial charge in [-0.15, -0.1) is 0 Å². The maximum Gasteiger partial charge on any atom is 0.0589 e. The van der Waals surface area contributed by atoms with Gasteiger partial charge in [-0.05, 0) is 26.8 Å². The third kappa shape index (κ3) is 3.63. The first-order chi connectivity index (χ1) is 6.24. The Morgan fingerprint density at radius 3 is 2.92 bits per heavy atom. The summed E-state index contributed by atoms with van der Waals surface area (Å²) in [7, 11) is 1.77. The van der Waals surface area contributed by atoms with Crippen LogP contribution >= 0.6 is 0 Å². The Hall–Kier alpha value is -0.120. The number of ether oxygens (including phenoxy) is 1. The molecule has 0 saturated carbocycles. The molecule has 3 nitrogen and oxygen atoms in total. The first kappa shape index (κ1) is 11.0. The Morgan fingerprint density at radius 1 is 1.46 bits per heavy atom. The van der Waals surface area contributed by atoms with Crippen LogP contribution in [0.3, 0.4) is 0 Å². The summed E-state index contributed by atoms with van der Waals surface area (Å²) in [5.41, 5.74) is 0. The van der Waals surface area contributed by atoms with Gasteiger partial charge in [0.05, 0.1) is 6.61 Å². The standard InChI is InChI=1S/C10H22N2O/c1-9-8-12(6-7-13-3)10(2)4-5-11-9/h9-11H,4-8H2,1-3H3. The van der Waals surface area contributed by atoms with Crippen molar-refractivity contribution in [3.63, 3.8) is 0 Å². The zero-order chi connectivity index (χ0) is 9.68. The van der Waals surface area contributed by atoms with Gasteiger partial charge in [0, 0.05) is 32.3 Å². The lowest BCUT2D eigenvalue weighted by Gasteiger charge is -2.27. The van der Waals surface area contributed by atoms with Crippen molar-refractivity contribution in [2.24, 2.45) is 0 Å². The second kappa shape index (κ2) is 5.58. The molecule has 0 spiro atoms. The summed E-state index contributed by atoms with van der Waals surface area (Å²) in [6.45, 7) is 8.74. The second-order valence-electron chi connectivity index (χ2n) is 3.98. The average Bonchev–Trinajstić information content (AvgIpc) is 2.25. The van der Waals surface area contributed by atoms with Crippen LogP contribution in [0, 0.1) is 0 Å². The van der Waals surface area contributed by atoms with E-state index < -0.39 is 0 Å². The number of nitrogens with zero attached hydrogens (tertiary/aromatic N) is 1. The molecule has 0 radical (unpaired) electrons. The maximum absolute atomic E-state index is 5.11. The fourth-order valence-corrected chi connectivity index (χ4v) is 1.84. The molecule has 3 heteroatoms. The van der Waals surface area contributed by atoms with Crippen LogP contribution in [0.1, 0.15) is 20.3 Å². The Balaban J connectivity index is 2.37. The topological polar surface area (TPSA) is 24.5 Å². The van der Waals surface area contributed by atoms with Crippen molar-refractivity contribution in [3.05, 3.63) is 0 Å². The molecule has 0 bridgehead atoms. The van der Waals surface area contributed by atoms with E-state index in [4.69, 9.17) is 4.74 Å². The van der Waals surface area contributed by atoms with Gasteiger partial charge in [0.25, 0.3) is 0 Å². The van der Waals surface area contributed by atoms with Gasteiger partial charge in [-0.25, -0.2) is 0 Å².